The molecule has 1 heterocycles. The van der Waals surface area contributed by atoms with E-state index in [0.717, 1.165) is 11.3 Å². The van der Waals surface area contributed by atoms with Crippen molar-refractivity contribution in [3.63, 3.8) is 0 Å². The summed E-state index contributed by atoms with van der Waals surface area (Å²) in [6.07, 6.45) is 0. The maximum absolute atomic E-state index is 12.8. The Hall–Kier alpha value is -2.78. The van der Waals surface area contributed by atoms with Crippen molar-refractivity contribution < 1.29 is 28.6 Å². The van der Waals surface area contributed by atoms with Crippen molar-refractivity contribution in [2.24, 2.45) is 0 Å². The molecule has 0 fully saturated rings. The molecule has 156 valence electrons. The van der Waals surface area contributed by atoms with Crippen molar-refractivity contribution in [1.29, 1.82) is 0 Å². The van der Waals surface area contributed by atoms with E-state index in [1.165, 1.54) is 33.4 Å². The minimum atomic E-state index is -0.628. The third-order valence-electron chi connectivity index (χ3n) is 3.98. The molecule has 0 radical (unpaired) electrons. The van der Waals surface area contributed by atoms with E-state index in [9.17, 15) is 14.4 Å². The Morgan fingerprint density at radius 3 is 2.38 bits per heavy atom. The van der Waals surface area contributed by atoms with Gasteiger partial charge in [-0.15, -0.1) is 11.3 Å². The molecular formula is C19H21ClN2O6S. The number of amides is 2. The molecule has 0 unspecified atom stereocenters. The first kappa shape index (κ1) is 22.5. The number of esters is 1. The molecule has 8 nitrogen and oxygen atoms in total. The number of hydrogen-bond acceptors (Lipinski definition) is 7. The molecule has 10 heteroatoms. The molecule has 2 aromatic rings. The van der Waals surface area contributed by atoms with Gasteiger partial charge in [-0.3, -0.25) is 9.59 Å². The molecule has 0 aliphatic rings. The molecule has 0 aliphatic carbocycles. The standard InChI is InChI=1S/C19H21ClN2O6S/c1-6-28-19(25)13-9(2)15(17(24)21-3)29-18(13)22-16(23)10-7-11(20)14(27-5)12(8-10)26-4/h7-8H,6H2,1-5H3,(H,21,24)(H,22,23). The zero-order valence-electron chi connectivity index (χ0n) is 16.6. The lowest BCUT2D eigenvalue weighted by Gasteiger charge is -2.12. The molecule has 1 aromatic carbocycles. The van der Waals surface area contributed by atoms with Gasteiger partial charge in [0.05, 0.1) is 36.3 Å². The number of halogens is 1. The van der Waals surface area contributed by atoms with E-state index in [4.69, 9.17) is 25.8 Å². The number of nitrogens with one attached hydrogen (secondary N) is 2. The van der Waals surface area contributed by atoms with Crippen LogP contribution in [0.4, 0.5) is 5.00 Å². The molecule has 0 aliphatic heterocycles. The van der Waals surface area contributed by atoms with Crippen LogP contribution in [-0.2, 0) is 4.74 Å². The molecule has 2 N–H and O–H groups in total. The Morgan fingerprint density at radius 2 is 1.83 bits per heavy atom. The van der Waals surface area contributed by atoms with Crippen LogP contribution in [0.15, 0.2) is 12.1 Å². The average molecular weight is 441 g/mol. The molecule has 2 amide bonds. The number of anilines is 1. The summed E-state index contributed by atoms with van der Waals surface area (Å²) in [4.78, 5) is 37.6. The van der Waals surface area contributed by atoms with E-state index in [-0.39, 0.29) is 39.4 Å². The first-order valence-corrected chi connectivity index (χ1v) is 9.73. The number of rotatable bonds is 7. The number of benzene rings is 1. The van der Waals surface area contributed by atoms with E-state index >= 15 is 0 Å². The van der Waals surface area contributed by atoms with Gasteiger partial charge in [-0.05, 0) is 31.5 Å². The van der Waals surface area contributed by atoms with E-state index < -0.39 is 11.9 Å². The molecule has 0 saturated heterocycles. The number of carbonyl (C=O) groups is 3. The highest BCUT2D eigenvalue weighted by Crippen LogP contribution is 2.37. The van der Waals surface area contributed by atoms with Crippen LogP contribution in [0.1, 0.15) is 42.9 Å². The molecule has 0 bridgehead atoms. The molecule has 0 spiro atoms. The summed E-state index contributed by atoms with van der Waals surface area (Å²) in [6.45, 7) is 3.45. The van der Waals surface area contributed by atoms with Gasteiger partial charge in [-0.2, -0.15) is 0 Å². The van der Waals surface area contributed by atoms with Gasteiger partial charge >= 0.3 is 5.97 Å². The summed E-state index contributed by atoms with van der Waals surface area (Å²) < 4.78 is 15.4. The van der Waals surface area contributed by atoms with Crippen LogP contribution >= 0.6 is 22.9 Å². The van der Waals surface area contributed by atoms with Crippen LogP contribution < -0.4 is 20.1 Å². The van der Waals surface area contributed by atoms with Gasteiger partial charge in [-0.1, -0.05) is 11.6 Å². The maximum atomic E-state index is 12.8. The first-order chi connectivity index (χ1) is 13.8. The SMILES string of the molecule is CCOC(=O)c1c(NC(=O)c2cc(Cl)c(OC)c(OC)c2)sc(C(=O)NC)c1C. The summed E-state index contributed by atoms with van der Waals surface area (Å²) >= 11 is 7.15. The van der Waals surface area contributed by atoms with Gasteiger partial charge in [0.1, 0.15) is 5.00 Å². The van der Waals surface area contributed by atoms with Crippen LogP contribution in [-0.4, -0.2) is 45.7 Å². The highest BCUT2D eigenvalue weighted by Gasteiger charge is 2.27. The van der Waals surface area contributed by atoms with E-state index in [1.54, 1.807) is 13.8 Å². The third-order valence-corrected chi connectivity index (χ3v) is 5.47. The van der Waals surface area contributed by atoms with Gasteiger partial charge in [-0.25, -0.2) is 4.79 Å². The van der Waals surface area contributed by atoms with Crippen LogP contribution in [0.25, 0.3) is 0 Å². The normalized spacial score (nSPS) is 10.3. The maximum Gasteiger partial charge on any atom is 0.341 e. The third kappa shape index (κ3) is 4.63. The first-order valence-electron chi connectivity index (χ1n) is 8.54. The van der Waals surface area contributed by atoms with Gasteiger partial charge in [0.2, 0.25) is 0 Å². The van der Waals surface area contributed by atoms with Crippen molar-refractivity contribution in [2.75, 3.05) is 33.2 Å². The highest BCUT2D eigenvalue weighted by molar-refractivity contribution is 7.18. The largest absolute Gasteiger partial charge is 0.493 e. The van der Waals surface area contributed by atoms with Crippen molar-refractivity contribution in [3.8, 4) is 11.5 Å². The number of ether oxygens (including phenoxy) is 3. The number of carbonyl (C=O) groups excluding carboxylic acids is 3. The number of methoxy groups -OCH3 is 2. The Balaban J connectivity index is 2.47. The van der Waals surface area contributed by atoms with E-state index in [2.05, 4.69) is 10.6 Å². The fourth-order valence-electron chi connectivity index (χ4n) is 2.61. The fraction of sp³-hybridized carbons (Fsp3) is 0.316. The second-order valence-electron chi connectivity index (χ2n) is 5.71. The zero-order chi connectivity index (χ0) is 21.7. The van der Waals surface area contributed by atoms with Gasteiger partial charge < -0.3 is 24.8 Å². The Bertz CT molecular complexity index is 957. The minimum absolute atomic E-state index is 0.135. The zero-order valence-corrected chi connectivity index (χ0v) is 18.2. The van der Waals surface area contributed by atoms with Crippen LogP contribution in [0.3, 0.4) is 0 Å². The summed E-state index contributed by atoms with van der Waals surface area (Å²) in [7, 11) is 4.34. The van der Waals surface area contributed by atoms with Crippen LogP contribution in [0.2, 0.25) is 5.02 Å². The van der Waals surface area contributed by atoms with Crippen molar-refractivity contribution >= 4 is 45.7 Å². The van der Waals surface area contributed by atoms with Crippen molar-refractivity contribution in [2.45, 2.75) is 13.8 Å². The lowest BCUT2D eigenvalue weighted by Crippen LogP contribution is -2.18. The highest BCUT2D eigenvalue weighted by atomic mass is 35.5. The number of hydrogen-bond donors (Lipinski definition) is 2. The lowest BCUT2D eigenvalue weighted by atomic mass is 10.1. The number of thiophene rings is 1. The Labute approximate surface area is 177 Å². The van der Waals surface area contributed by atoms with E-state index in [0.29, 0.717) is 16.2 Å². The quantitative estimate of drug-likeness (QED) is 0.638. The molecule has 0 atom stereocenters. The van der Waals surface area contributed by atoms with Crippen LogP contribution in [0, 0.1) is 6.92 Å². The molecule has 1 aromatic heterocycles. The second-order valence-corrected chi connectivity index (χ2v) is 7.14. The van der Waals surface area contributed by atoms with E-state index in [1.807, 2.05) is 0 Å². The molecule has 29 heavy (non-hydrogen) atoms. The summed E-state index contributed by atoms with van der Waals surface area (Å²) in [5, 5.41) is 5.57. The fourth-order valence-corrected chi connectivity index (χ4v) is 4.03. The lowest BCUT2D eigenvalue weighted by molar-refractivity contribution is 0.0527. The minimum Gasteiger partial charge on any atom is -0.493 e. The summed E-state index contributed by atoms with van der Waals surface area (Å²) in [5.41, 5.74) is 0.749. The molecular weight excluding hydrogens is 420 g/mol. The van der Waals surface area contributed by atoms with Gasteiger partial charge in [0, 0.05) is 12.6 Å². The van der Waals surface area contributed by atoms with Gasteiger partial charge in [0.15, 0.2) is 11.5 Å². The average Bonchev–Trinajstić information content (AvgIpc) is 3.02. The molecule has 2 rings (SSSR count). The Morgan fingerprint density at radius 1 is 1.14 bits per heavy atom. The van der Waals surface area contributed by atoms with Gasteiger partial charge in [0.25, 0.3) is 11.8 Å². The second kappa shape index (κ2) is 9.62. The monoisotopic (exact) mass is 440 g/mol. The Kier molecular flexibility index (Phi) is 7.46. The molecule has 0 saturated carbocycles. The predicted octanol–water partition coefficient (Wildman–Crippen LogP) is 3.52. The predicted molar refractivity (Wildman–Crippen MR) is 111 cm³/mol. The summed E-state index contributed by atoms with van der Waals surface area (Å²) in [5.74, 6) is -0.955. The van der Waals surface area contributed by atoms with Crippen molar-refractivity contribution in [3.05, 3.63) is 38.7 Å². The van der Waals surface area contributed by atoms with Crippen molar-refractivity contribution in [1.82, 2.24) is 5.32 Å². The topological polar surface area (TPSA) is 103 Å². The summed E-state index contributed by atoms with van der Waals surface area (Å²) in [6, 6.07) is 2.88. The van der Waals surface area contributed by atoms with Crippen LogP contribution in [0.5, 0.6) is 11.5 Å². The smallest absolute Gasteiger partial charge is 0.341 e.